The van der Waals surface area contributed by atoms with Gasteiger partial charge < -0.3 is 9.64 Å². The summed E-state index contributed by atoms with van der Waals surface area (Å²) in [4.78, 5) is 27.5. The molecule has 0 bridgehead atoms. The second-order valence-corrected chi connectivity index (χ2v) is 7.05. The van der Waals surface area contributed by atoms with E-state index in [9.17, 15) is 9.59 Å². The molecular weight excluding hydrogens is 326 g/mol. The van der Waals surface area contributed by atoms with E-state index < -0.39 is 0 Å². The smallest absolute Gasteiger partial charge is 0.234 e. The van der Waals surface area contributed by atoms with E-state index >= 15 is 0 Å². The fourth-order valence-electron chi connectivity index (χ4n) is 2.54. The van der Waals surface area contributed by atoms with E-state index in [1.165, 1.54) is 16.2 Å². The molecular formula is C17H19N3O3S. The highest BCUT2D eigenvalue weighted by molar-refractivity contribution is 7.14. The minimum atomic E-state index is -0.0798. The predicted molar refractivity (Wildman–Crippen MR) is 90.4 cm³/mol. The van der Waals surface area contributed by atoms with Gasteiger partial charge >= 0.3 is 0 Å². The number of ketones is 1. The van der Waals surface area contributed by atoms with Crippen LogP contribution in [-0.4, -0.2) is 39.9 Å². The van der Waals surface area contributed by atoms with Crippen molar-refractivity contribution in [3.8, 4) is 5.88 Å². The summed E-state index contributed by atoms with van der Waals surface area (Å²) in [6.45, 7) is 6.60. The first kappa shape index (κ1) is 16.6. The van der Waals surface area contributed by atoms with Crippen LogP contribution in [0, 0.1) is 13.8 Å². The zero-order chi connectivity index (χ0) is 17.3. The van der Waals surface area contributed by atoms with Crippen molar-refractivity contribution in [2.75, 3.05) is 13.2 Å². The van der Waals surface area contributed by atoms with Crippen LogP contribution >= 0.6 is 11.3 Å². The summed E-state index contributed by atoms with van der Waals surface area (Å²) in [5, 5.41) is 7.92. The standard InChI is InChI=1S/C17H19N3O3S/c1-10-6-17(19-18-11(10)2)23-9-14(22)16-7-13-8-20(12(3)21)5-4-15(13)24-16/h6-7H,4-5,8-9H2,1-3H3. The van der Waals surface area contributed by atoms with Gasteiger partial charge in [-0.1, -0.05) is 0 Å². The Morgan fingerprint density at radius 3 is 2.79 bits per heavy atom. The van der Waals surface area contributed by atoms with Crippen molar-refractivity contribution in [1.29, 1.82) is 0 Å². The van der Waals surface area contributed by atoms with Crippen LogP contribution in [0.3, 0.4) is 0 Å². The second-order valence-electron chi connectivity index (χ2n) is 5.91. The zero-order valence-corrected chi connectivity index (χ0v) is 14.8. The molecule has 0 saturated carbocycles. The molecule has 0 N–H and O–H groups in total. The van der Waals surface area contributed by atoms with Crippen molar-refractivity contribution in [3.05, 3.63) is 38.7 Å². The van der Waals surface area contributed by atoms with Gasteiger partial charge in [0.25, 0.3) is 0 Å². The van der Waals surface area contributed by atoms with Gasteiger partial charge in [0.15, 0.2) is 6.61 Å². The van der Waals surface area contributed by atoms with Gasteiger partial charge in [-0.15, -0.1) is 16.4 Å². The van der Waals surface area contributed by atoms with Crippen molar-refractivity contribution >= 4 is 23.0 Å². The summed E-state index contributed by atoms with van der Waals surface area (Å²) < 4.78 is 5.47. The Balaban J connectivity index is 1.66. The number of amides is 1. The number of nitrogens with zero attached hydrogens (tertiary/aromatic N) is 3. The molecule has 126 valence electrons. The number of fused-ring (bicyclic) bond motifs is 1. The summed E-state index contributed by atoms with van der Waals surface area (Å²) in [7, 11) is 0. The molecule has 0 aliphatic carbocycles. The Morgan fingerprint density at radius 2 is 2.08 bits per heavy atom. The zero-order valence-electron chi connectivity index (χ0n) is 14.0. The van der Waals surface area contributed by atoms with E-state index in [0.717, 1.165) is 23.2 Å². The van der Waals surface area contributed by atoms with Gasteiger partial charge in [-0.05, 0) is 37.5 Å². The maximum atomic E-state index is 12.4. The van der Waals surface area contributed by atoms with Gasteiger partial charge in [0.2, 0.25) is 17.6 Å². The Kier molecular flexibility index (Phi) is 4.62. The van der Waals surface area contributed by atoms with Gasteiger partial charge in [0, 0.05) is 31.0 Å². The van der Waals surface area contributed by atoms with Crippen molar-refractivity contribution in [2.24, 2.45) is 0 Å². The van der Waals surface area contributed by atoms with E-state index in [4.69, 9.17) is 4.74 Å². The molecule has 0 unspecified atom stereocenters. The number of ether oxygens (including phenoxy) is 1. The minimum Gasteiger partial charge on any atom is -0.468 e. The molecule has 7 heteroatoms. The van der Waals surface area contributed by atoms with Gasteiger partial charge in [0.1, 0.15) is 0 Å². The first-order valence-electron chi connectivity index (χ1n) is 7.78. The fraction of sp³-hybridized carbons (Fsp3) is 0.412. The number of carbonyl (C=O) groups is 2. The summed E-state index contributed by atoms with van der Waals surface area (Å²) in [5.74, 6) is 0.343. The number of rotatable bonds is 4. The first-order chi connectivity index (χ1) is 11.4. The van der Waals surface area contributed by atoms with E-state index in [1.54, 1.807) is 17.9 Å². The third-order valence-electron chi connectivity index (χ3n) is 4.15. The van der Waals surface area contributed by atoms with Crippen LogP contribution in [0.1, 0.15) is 38.3 Å². The number of aromatic nitrogens is 2. The molecule has 2 aromatic heterocycles. The maximum Gasteiger partial charge on any atom is 0.234 e. The molecule has 6 nitrogen and oxygen atoms in total. The van der Waals surface area contributed by atoms with Crippen LogP contribution in [0.25, 0.3) is 0 Å². The van der Waals surface area contributed by atoms with E-state index in [0.29, 0.717) is 23.8 Å². The lowest BCUT2D eigenvalue weighted by Gasteiger charge is -2.25. The molecule has 1 aliphatic heterocycles. The minimum absolute atomic E-state index is 0.0625. The molecule has 0 aromatic carbocycles. The van der Waals surface area contributed by atoms with Crippen LogP contribution in [-0.2, 0) is 17.8 Å². The molecule has 3 rings (SSSR count). The summed E-state index contributed by atoms with van der Waals surface area (Å²) in [5.41, 5.74) is 2.88. The summed E-state index contributed by atoms with van der Waals surface area (Å²) in [6, 6.07) is 3.66. The Labute approximate surface area is 144 Å². The van der Waals surface area contributed by atoms with Gasteiger partial charge in [-0.3, -0.25) is 9.59 Å². The molecule has 0 fully saturated rings. The molecule has 0 atom stereocenters. The van der Waals surface area contributed by atoms with E-state index in [2.05, 4.69) is 10.2 Å². The molecule has 1 amide bonds. The molecule has 3 heterocycles. The number of carbonyl (C=O) groups excluding carboxylic acids is 2. The molecule has 0 saturated heterocycles. The largest absolute Gasteiger partial charge is 0.468 e. The van der Waals surface area contributed by atoms with Gasteiger partial charge in [-0.25, -0.2) is 0 Å². The van der Waals surface area contributed by atoms with Crippen LogP contribution in [0.4, 0.5) is 0 Å². The second kappa shape index (κ2) is 6.68. The first-order valence-corrected chi connectivity index (χ1v) is 8.59. The van der Waals surface area contributed by atoms with Crippen LogP contribution in [0.5, 0.6) is 5.88 Å². The lowest BCUT2D eigenvalue weighted by atomic mass is 10.1. The Morgan fingerprint density at radius 1 is 1.29 bits per heavy atom. The SMILES string of the molecule is CC(=O)N1CCc2sc(C(=O)COc3cc(C)c(C)nn3)cc2C1. The van der Waals surface area contributed by atoms with Gasteiger partial charge in [0.05, 0.1) is 10.6 Å². The van der Waals surface area contributed by atoms with E-state index in [1.807, 2.05) is 19.9 Å². The number of hydrogen-bond acceptors (Lipinski definition) is 6. The number of hydrogen-bond donors (Lipinski definition) is 0. The van der Waals surface area contributed by atoms with Crippen molar-refractivity contribution < 1.29 is 14.3 Å². The fourth-order valence-corrected chi connectivity index (χ4v) is 3.63. The summed E-state index contributed by atoms with van der Waals surface area (Å²) in [6.07, 6.45) is 0.802. The average molecular weight is 345 g/mol. The van der Waals surface area contributed by atoms with Crippen LogP contribution < -0.4 is 4.74 Å². The lowest BCUT2D eigenvalue weighted by Crippen LogP contribution is -2.33. The normalized spacial score (nSPS) is 13.5. The molecule has 24 heavy (non-hydrogen) atoms. The Hall–Kier alpha value is -2.28. The predicted octanol–water partition coefficient (Wildman–Crippen LogP) is 2.32. The monoisotopic (exact) mass is 345 g/mol. The van der Waals surface area contributed by atoms with Crippen molar-refractivity contribution in [1.82, 2.24) is 15.1 Å². The third kappa shape index (κ3) is 3.46. The van der Waals surface area contributed by atoms with Crippen molar-refractivity contribution in [2.45, 2.75) is 33.7 Å². The van der Waals surface area contributed by atoms with Gasteiger partial charge in [-0.2, -0.15) is 5.10 Å². The topological polar surface area (TPSA) is 72.4 Å². The highest BCUT2D eigenvalue weighted by Gasteiger charge is 2.22. The average Bonchev–Trinajstić information content (AvgIpc) is 2.98. The number of thiophene rings is 1. The maximum absolute atomic E-state index is 12.4. The lowest BCUT2D eigenvalue weighted by molar-refractivity contribution is -0.129. The highest BCUT2D eigenvalue weighted by Crippen LogP contribution is 2.28. The van der Waals surface area contributed by atoms with Crippen LogP contribution in [0.2, 0.25) is 0 Å². The highest BCUT2D eigenvalue weighted by atomic mass is 32.1. The number of aryl methyl sites for hydroxylation is 2. The summed E-state index contributed by atoms with van der Waals surface area (Å²) >= 11 is 1.49. The molecule has 2 aromatic rings. The molecule has 0 spiro atoms. The van der Waals surface area contributed by atoms with Crippen LogP contribution in [0.15, 0.2) is 12.1 Å². The Bertz CT molecular complexity index is 800. The van der Waals surface area contributed by atoms with Crippen molar-refractivity contribution in [3.63, 3.8) is 0 Å². The van der Waals surface area contributed by atoms with E-state index in [-0.39, 0.29) is 18.3 Å². The molecule has 0 radical (unpaired) electrons. The number of Topliss-reactive ketones (excluding diaryl/α,β-unsaturated/α-hetero) is 1. The third-order valence-corrected chi connectivity index (χ3v) is 5.43. The quantitative estimate of drug-likeness (QED) is 0.795. The molecule has 1 aliphatic rings.